The molecule has 2 aliphatic rings. The van der Waals surface area contributed by atoms with Gasteiger partial charge in [-0.3, -0.25) is 9.69 Å². The maximum Gasteiger partial charge on any atom is 0.236 e. The molecule has 0 bridgehead atoms. The molecule has 0 saturated carbocycles. The predicted octanol–water partition coefficient (Wildman–Crippen LogP) is 1.60. The number of hydrogen-bond donors (Lipinski definition) is 1. The molecule has 2 fully saturated rings. The highest BCUT2D eigenvalue weighted by atomic mass is 16.3. The third-order valence-corrected chi connectivity index (χ3v) is 5.37. The zero-order chi connectivity index (χ0) is 19.2. The topological polar surface area (TPSA) is 64.3 Å². The number of likely N-dealkylation sites (tertiary alicyclic amines) is 1. The fraction of sp³-hybridized carbons (Fsp3) is 0.700. The second kappa shape index (κ2) is 9.26. The van der Waals surface area contributed by atoms with E-state index in [1.807, 2.05) is 18.7 Å². The number of nitrogens with zero attached hydrogens (tertiary/aromatic N) is 4. The van der Waals surface area contributed by atoms with Gasteiger partial charge in [-0.05, 0) is 39.7 Å². The number of aryl methyl sites for hydroxylation is 2. The Hall–Kier alpha value is -2.02. The SMILES string of the molecule is CCNC(=NCc1cc(C)oc1C)N1CCN(CC(=O)N2CCCC2)CC1. The average molecular weight is 376 g/mol. The Morgan fingerprint density at radius 3 is 2.41 bits per heavy atom. The van der Waals surface area contributed by atoms with Crippen LogP contribution in [0.4, 0.5) is 0 Å². The Balaban J connectivity index is 1.52. The number of hydrogen-bond acceptors (Lipinski definition) is 4. The van der Waals surface area contributed by atoms with E-state index in [0.717, 1.165) is 81.7 Å². The summed E-state index contributed by atoms with van der Waals surface area (Å²) in [6.07, 6.45) is 2.30. The molecule has 1 aromatic heterocycles. The predicted molar refractivity (Wildman–Crippen MR) is 107 cm³/mol. The van der Waals surface area contributed by atoms with Gasteiger partial charge in [0, 0.05) is 51.4 Å². The van der Waals surface area contributed by atoms with Crippen molar-refractivity contribution in [3.8, 4) is 0 Å². The molecule has 2 aliphatic heterocycles. The smallest absolute Gasteiger partial charge is 0.236 e. The number of guanidine groups is 1. The van der Waals surface area contributed by atoms with Crippen LogP contribution >= 0.6 is 0 Å². The lowest BCUT2D eigenvalue weighted by molar-refractivity contribution is -0.131. The maximum atomic E-state index is 12.4. The third-order valence-electron chi connectivity index (χ3n) is 5.37. The van der Waals surface area contributed by atoms with E-state index in [2.05, 4.69) is 28.1 Å². The van der Waals surface area contributed by atoms with E-state index in [1.54, 1.807) is 0 Å². The van der Waals surface area contributed by atoms with Gasteiger partial charge in [-0.1, -0.05) is 0 Å². The van der Waals surface area contributed by atoms with Crippen LogP contribution in [0.3, 0.4) is 0 Å². The van der Waals surface area contributed by atoms with Crippen molar-refractivity contribution in [1.29, 1.82) is 0 Å². The fourth-order valence-corrected chi connectivity index (χ4v) is 3.80. The first-order valence-corrected chi connectivity index (χ1v) is 10.2. The number of nitrogens with one attached hydrogen (secondary N) is 1. The molecule has 1 aromatic rings. The Bertz CT molecular complexity index is 655. The summed E-state index contributed by atoms with van der Waals surface area (Å²) >= 11 is 0. The molecule has 7 nitrogen and oxygen atoms in total. The molecule has 3 rings (SSSR count). The van der Waals surface area contributed by atoms with E-state index >= 15 is 0 Å². The van der Waals surface area contributed by atoms with E-state index in [1.165, 1.54) is 0 Å². The third kappa shape index (κ3) is 5.25. The van der Waals surface area contributed by atoms with Crippen LogP contribution in [0.2, 0.25) is 0 Å². The van der Waals surface area contributed by atoms with Gasteiger partial charge in [0.2, 0.25) is 5.91 Å². The molecule has 0 unspecified atom stereocenters. The zero-order valence-electron chi connectivity index (χ0n) is 17.0. The van der Waals surface area contributed by atoms with Crippen LogP contribution in [0.15, 0.2) is 15.5 Å². The number of amides is 1. The zero-order valence-corrected chi connectivity index (χ0v) is 17.0. The highest BCUT2D eigenvalue weighted by molar-refractivity contribution is 5.80. The van der Waals surface area contributed by atoms with Crippen LogP contribution < -0.4 is 5.32 Å². The van der Waals surface area contributed by atoms with E-state index in [9.17, 15) is 4.79 Å². The van der Waals surface area contributed by atoms with E-state index in [4.69, 9.17) is 9.41 Å². The minimum atomic E-state index is 0.285. The van der Waals surface area contributed by atoms with Crippen LogP contribution in [-0.4, -0.2) is 78.9 Å². The summed E-state index contributed by atoms with van der Waals surface area (Å²) < 4.78 is 5.60. The Morgan fingerprint density at radius 1 is 1.11 bits per heavy atom. The molecule has 1 amide bonds. The number of furan rings is 1. The Labute approximate surface area is 162 Å². The van der Waals surface area contributed by atoms with Gasteiger partial charge in [0.25, 0.3) is 0 Å². The second-order valence-corrected chi connectivity index (χ2v) is 7.46. The molecule has 1 N–H and O–H groups in total. The quantitative estimate of drug-likeness (QED) is 0.626. The van der Waals surface area contributed by atoms with Crippen LogP contribution in [0.5, 0.6) is 0 Å². The molecule has 3 heterocycles. The summed E-state index contributed by atoms with van der Waals surface area (Å²) in [5, 5.41) is 3.40. The number of carbonyl (C=O) groups is 1. The summed E-state index contributed by atoms with van der Waals surface area (Å²) in [5.41, 5.74) is 1.14. The number of rotatable bonds is 5. The first-order valence-electron chi connectivity index (χ1n) is 10.2. The van der Waals surface area contributed by atoms with E-state index in [-0.39, 0.29) is 5.91 Å². The van der Waals surface area contributed by atoms with Gasteiger partial charge in [0.05, 0.1) is 13.1 Å². The van der Waals surface area contributed by atoms with Crippen molar-refractivity contribution in [2.75, 3.05) is 52.4 Å². The standard InChI is InChI=1S/C20H33N5O2/c1-4-21-20(22-14-18-13-16(2)27-17(18)3)25-11-9-23(10-12-25)15-19(26)24-7-5-6-8-24/h13H,4-12,14-15H2,1-3H3,(H,21,22). The summed E-state index contributed by atoms with van der Waals surface area (Å²) in [7, 11) is 0. The van der Waals surface area contributed by atoms with Gasteiger partial charge in [-0.15, -0.1) is 0 Å². The van der Waals surface area contributed by atoms with Crippen LogP contribution in [0.1, 0.15) is 36.8 Å². The highest BCUT2D eigenvalue weighted by Crippen LogP contribution is 2.15. The van der Waals surface area contributed by atoms with E-state index < -0.39 is 0 Å². The van der Waals surface area contributed by atoms with Crippen LogP contribution in [0.25, 0.3) is 0 Å². The van der Waals surface area contributed by atoms with Gasteiger partial charge in [-0.2, -0.15) is 0 Å². The normalized spacial score (nSPS) is 19.0. The van der Waals surface area contributed by atoms with Crippen molar-refractivity contribution in [3.05, 3.63) is 23.2 Å². The molecule has 0 atom stereocenters. The van der Waals surface area contributed by atoms with Crippen molar-refractivity contribution in [2.24, 2.45) is 4.99 Å². The average Bonchev–Trinajstić information content (AvgIpc) is 3.29. The summed E-state index contributed by atoms with van der Waals surface area (Å²) in [5.74, 6) is 3.10. The highest BCUT2D eigenvalue weighted by Gasteiger charge is 2.24. The fourth-order valence-electron chi connectivity index (χ4n) is 3.80. The van der Waals surface area contributed by atoms with Crippen molar-refractivity contribution in [1.82, 2.24) is 20.0 Å². The van der Waals surface area contributed by atoms with Gasteiger partial charge in [0.1, 0.15) is 11.5 Å². The van der Waals surface area contributed by atoms with Crippen LogP contribution in [0, 0.1) is 13.8 Å². The molecule has 0 aromatic carbocycles. The van der Waals surface area contributed by atoms with E-state index in [0.29, 0.717) is 13.1 Å². The second-order valence-electron chi connectivity index (χ2n) is 7.46. The molecule has 7 heteroatoms. The summed E-state index contributed by atoms with van der Waals surface area (Å²) in [6.45, 7) is 13.5. The van der Waals surface area contributed by atoms with Gasteiger partial charge >= 0.3 is 0 Å². The van der Waals surface area contributed by atoms with Gasteiger partial charge in [0.15, 0.2) is 5.96 Å². The minimum absolute atomic E-state index is 0.285. The molecule has 0 radical (unpaired) electrons. The lowest BCUT2D eigenvalue weighted by Gasteiger charge is -2.36. The lowest BCUT2D eigenvalue weighted by Crippen LogP contribution is -2.54. The first kappa shape index (κ1) is 19.7. The lowest BCUT2D eigenvalue weighted by atomic mass is 10.2. The largest absolute Gasteiger partial charge is 0.466 e. The van der Waals surface area contributed by atoms with Gasteiger partial charge in [-0.25, -0.2) is 4.99 Å². The Morgan fingerprint density at radius 2 is 1.81 bits per heavy atom. The number of piperazine rings is 1. The van der Waals surface area contributed by atoms with Crippen molar-refractivity contribution in [3.63, 3.8) is 0 Å². The number of aliphatic imine (C=N–C) groups is 1. The minimum Gasteiger partial charge on any atom is -0.466 e. The monoisotopic (exact) mass is 375 g/mol. The number of carbonyl (C=O) groups excluding carboxylic acids is 1. The van der Waals surface area contributed by atoms with Crippen molar-refractivity contribution in [2.45, 2.75) is 40.2 Å². The maximum absolute atomic E-state index is 12.4. The van der Waals surface area contributed by atoms with Crippen molar-refractivity contribution >= 4 is 11.9 Å². The Kier molecular flexibility index (Phi) is 6.77. The van der Waals surface area contributed by atoms with Crippen LogP contribution in [-0.2, 0) is 11.3 Å². The molecule has 0 spiro atoms. The first-order chi connectivity index (χ1) is 13.1. The molecule has 27 heavy (non-hydrogen) atoms. The van der Waals surface area contributed by atoms with Gasteiger partial charge < -0.3 is 19.5 Å². The summed E-state index contributed by atoms with van der Waals surface area (Å²) in [4.78, 5) is 23.7. The molecule has 150 valence electrons. The molecular formula is C20H33N5O2. The summed E-state index contributed by atoms with van der Waals surface area (Å²) in [6, 6.07) is 2.06. The molecule has 2 saturated heterocycles. The molecular weight excluding hydrogens is 342 g/mol. The molecule has 0 aliphatic carbocycles. The van der Waals surface area contributed by atoms with Crippen molar-refractivity contribution < 1.29 is 9.21 Å².